The molecule has 116 valence electrons. The molecule has 4 N–H and O–H groups in total. The molecule has 1 aromatic carbocycles. The fourth-order valence-electron chi connectivity index (χ4n) is 3.49. The van der Waals surface area contributed by atoms with E-state index >= 15 is 0 Å². The normalized spacial score (nSPS) is 30.0. The lowest BCUT2D eigenvalue weighted by Crippen LogP contribution is -2.55. The van der Waals surface area contributed by atoms with Gasteiger partial charge in [0.15, 0.2) is 0 Å². The van der Waals surface area contributed by atoms with Crippen molar-refractivity contribution in [2.75, 3.05) is 0 Å². The minimum Gasteiger partial charge on any atom is -0.459 e. The van der Waals surface area contributed by atoms with Crippen LogP contribution in [0.2, 0.25) is 0 Å². The van der Waals surface area contributed by atoms with Crippen LogP contribution in [0.25, 0.3) is 0 Å². The first-order chi connectivity index (χ1) is 9.79. The number of carbonyl (C=O) groups is 1. The fraction of sp³-hybridized carbons (Fsp3) is 0.588. The fourth-order valence-corrected chi connectivity index (χ4v) is 3.49. The number of carbonyl (C=O) groups excluding carboxylic acids is 1. The largest absolute Gasteiger partial charge is 0.459 e. The van der Waals surface area contributed by atoms with Crippen molar-refractivity contribution in [1.82, 2.24) is 0 Å². The smallest absolute Gasteiger partial charge is 0.338 e. The third-order valence-electron chi connectivity index (χ3n) is 4.28. The van der Waals surface area contributed by atoms with E-state index in [0.717, 1.165) is 0 Å². The molecular weight excluding hydrogens is 264 g/mol. The standard InChI is InChI=1S/C17H26N2O2/c1-17(2,3)15-13(18)9-12(10-14(15)19)21-16(20)11-7-5-4-6-8-11/h4-8,12-15H,9-10,18-19H2,1-3H3. The highest BCUT2D eigenvalue weighted by molar-refractivity contribution is 5.89. The Kier molecular flexibility index (Phi) is 4.69. The zero-order valence-corrected chi connectivity index (χ0v) is 13.1. The number of hydrogen-bond acceptors (Lipinski definition) is 4. The van der Waals surface area contributed by atoms with Gasteiger partial charge in [-0.2, -0.15) is 0 Å². The highest BCUT2D eigenvalue weighted by Gasteiger charge is 2.41. The summed E-state index contributed by atoms with van der Waals surface area (Å²) in [5.41, 5.74) is 13.2. The molecule has 0 aromatic heterocycles. The molecule has 2 unspecified atom stereocenters. The van der Waals surface area contributed by atoms with Crippen LogP contribution in [-0.2, 0) is 4.74 Å². The molecule has 1 saturated carbocycles. The number of nitrogens with two attached hydrogens (primary N) is 2. The van der Waals surface area contributed by atoms with E-state index in [1.165, 1.54) is 0 Å². The molecule has 0 bridgehead atoms. The second kappa shape index (κ2) is 6.16. The van der Waals surface area contributed by atoms with Gasteiger partial charge in [-0.1, -0.05) is 39.0 Å². The lowest BCUT2D eigenvalue weighted by molar-refractivity contribution is -0.00238. The minimum atomic E-state index is -0.297. The van der Waals surface area contributed by atoms with E-state index in [0.29, 0.717) is 18.4 Å². The molecule has 0 saturated heterocycles. The van der Waals surface area contributed by atoms with Crippen molar-refractivity contribution in [3.8, 4) is 0 Å². The number of hydrogen-bond donors (Lipinski definition) is 2. The van der Waals surface area contributed by atoms with E-state index in [1.807, 2.05) is 18.2 Å². The van der Waals surface area contributed by atoms with E-state index in [1.54, 1.807) is 12.1 Å². The average molecular weight is 290 g/mol. The van der Waals surface area contributed by atoms with Gasteiger partial charge in [-0.15, -0.1) is 0 Å². The molecule has 1 fully saturated rings. The first-order valence-electron chi connectivity index (χ1n) is 7.56. The minimum absolute atomic E-state index is 0.0395. The molecule has 21 heavy (non-hydrogen) atoms. The lowest BCUT2D eigenvalue weighted by atomic mass is 9.67. The molecule has 0 heterocycles. The second-order valence-electron chi connectivity index (χ2n) is 7.08. The lowest BCUT2D eigenvalue weighted by Gasteiger charge is -2.45. The first-order valence-corrected chi connectivity index (χ1v) is 7.56. The van der Waals surface area contributed by atoms with Crippen molar-refractivity contribution in [2.45, 2.75) is 51.8 Å². The molecule has 0 radical (unpaired) electrons. The van der Waals surface area contributed by atoms with Gasteiger partial charge in [-0.3, -0.25) is 0 Å². The maximum Gasteiger partial charge on any atom is 0.338 e. The zero-order chi connectivity index (χ0) is 15.6. The number of esters is 1. The van der Waals surface area contributed by atoms with Gasteiger partial charge in [0.05, 0.1) is 5.56 Å². The summed E-state index contributed by atoms with van der Waals surface area (Å²) in [6.45, 7) is 6.48. The Balaban J connectivity index is 2.00. The molecule has 1 aliphatic rings. The Bertz CT molecular complexity index is 469. The van der Waals surface area contributed by atoms with Gasteiger partial charge in [-0.05, 0) is 36.3 Å². The van der Waals surface area contributed by atoms with Crippen molar-refractivity contribution >= 4 is 5.97 Å². The topological polar surface area (TPSA) is 78.3 Å². The van der Waals surface area contributed by atoms with Gasteiger partial charge in [0, 0.05) is 12.1 Å². The molecule has 2 atom stereocenters. The van der Waals surface area contributed by atoms with Crippen LogP contribution in [0.5, 0.6) is 0 Å². The zero-order valence-electron chi connectivity index (χ0n) is 13.1. The third kappa shape index (κ3) is 3.83. The summed E-state index contributed by atoms with van der Waals surface area (Å²) >= 11 is 0. The van der Waals surface area contributed by atoms with Gasteiger partial charge in [-0.25, -0.2) is 4.79 Å². The molecule has 0 spiro atoms. The predicted octanol–water partition coefficient (Wildman–Crippen LogP) is 2.32. The average Bonchev–Trinajstić information content (AvgIpc) is 2.37. The Morgan fingerprint density at radius 3 is 2.10 bits per heavy atom. The molecule has 1 aromatic rings. The summed E-state index contributed by atoms with van der Waals surface area (Å²) in [4.78, 5) is 12.1. The van der Waals surface area contributed by atoms with Crippen LogP contribution in [0, 0.1) is 11.3 Å². The summed E-state index contributed by atoms with van der Waals surface area (Å²) in [6.07, 6.45) is 1.16. The van der Waals surface area contributed by atoms with E-state index in [-0.39, 0.29) is 35.5 Å². The van der Waals surface area contributed by atoms with Gasteiger partial charge in [0.25, 0.3) is 0 Å². The number of ether oxygens (including phenoxy) is 1. The van der Waals surface area contributed by atoms with Crippen LogP contribution in [0.1, 0.15) is 44.0 Å². The maximum atomic E-state index is 12.1. The van der Waals surface area contributed by atoms with E-state index in [9.17, 15) is 4.79 Å². The van der Waals surface area contributed by atoms with Crippen LogP contribution >= 0.6 is 0 Å². The van der Waals surface area contributed by atoms with Crippen LogP contribution in [0.4, 0.5) is 0 Å². The van der Waals surface area contributed by atoms with Crippen LogP contribution in [-0.4, -0.2) is 24.2 Å². The van der Waals surface area contributed by atoms with Gasteiger partial charge < -0.3 is 16.2 Å². The maximum absolute atomic E-state index is 12.1. The SMILES string of the molecule is CC(C)(C)C1C(N)CC(OC(=O)c2ccccc2)CC1N. The van der Waals surface area contributed by atoms with Crippen molar-refractivity contribution < 1.29 is 9.53 Å². The van der Waals surface area contributed by atoms with Crippen LogP contribution in [0.15, 0.2) is 30.3 Å². The van der Waals surface area contributed by atoms with Gasteiger partial charge in [0.2, 0.25) is 0 Å². The molecule has 4 nitrogen and oxygen atoms in total. The van der Waals surface area contributed by atoms with Gasteiger partial charge >= 0.3 is 5.97 Å². The quantitative estimate of drug-likeness (QED) is 0.819. The molecular formula is C17H26N2O2. The number of benzene rings is 1. The molecule has 0 aliphatic heterocycles. The Morgan fingerprint density at radius 1 is 1.10 bits per heavy atom. The van der Waals surface area contributed by atoms with E-state index in [4.69, 9.17) is 16.2 Å². The number of rotatable bonds is 2. The summed E-state index contributed by atoms with van der Waals surface area (Å²) in [6, 6.07) is 8.95. The van der Waals surface area contributed by atoms with Crippen molar-refractivity contribution in [2.24, 2.45) is 22.8 Å². The second-order valence-corrected chi connectivity index (χ2v) is 7.08. The summed E-state index contributed by atoms with van der Waals surface area (Å²) in [7, 11) is 0. The third-order valence-corrected chi connectivity index (χ3v) is 4.28. The molecule has 2 rings (SSSR count). The Labute approximate surface area is 126 Å². The van der Waals surface area contributed by atoms with Gasteiger partial charge in [0.1, 0.15) is 6.10 Å². The van der Waals surface area contributed by atoms with E-state index in [2.05, 4.69) is 20.8 Å². The monoisotopic (exact) mass is 290 g/mol. The van der Waals surface area contributed by atoms with E-state index < -0.39 is 0 Å². The van der Waals surface area contributed by atoms with Crippen molar-refractivity contribution in [1.29, 1.82) is 0 Å². The van der Waals surface area contributed by atoms with Crippen molar-refractivity contribution in [3.05, 3.63) is 35.9 Å². The highest BCUT2D eigenvalue weighted by atomic mass is 16.5. The molecule has 1 aliphatic carbocycles. The Morgan fingerprint density at radius 2 is 1.62 bits per heavy atom. The highest BCUT2D eigenvalue weighted by Crippen LogP contribution is 2.37. The predicted molar refractivity (Wildman–Crippen MR) is 83.8 cm³/mol. The van der Waals surface area contributed by atoms with Crippen LogP contribution in [0.3, 0.4) is 0 Å². The summed E-state index contributed by atoms with van der Waals surface area (Å²) in [5, 5.41) is 0. The Hall–Kier alpha value is -1.39. The molecule has 0 amide bonds. The summed E-state index contributed by atoms with van der Waals surface area (Å²) < 4.78 is 5.58. The molecule has 4 heteroatoms. The first kappa shape index (κ1) is 16.0. The van der Waals surface area contributed by atoms with Crippen LogP contribution < -0.4 is 11.5 Å². The summed E-state index contributed by atoms with van der Waals surface area (Å²) in [5.74, 6) is -0.0571. The van der Waals surface area contributed by atoms with Crippen molar-refractivity contribution in [3.63, 3.8) is 0 Å².